The minimum Gasteiger partial charge on any atom is -0.444 e. The molecule has 0 spiro atoms. The highest BCUT2D eigenvalue weighted by molar-refractivity contribution is 5.77. The largest absolute Gasteiger partial charge is 0.444 e. The highest BCUT2D eigenvalue weighted by Crippen LogP contribution is 2.07. The van der Waals surface area contributed by atoms with Crippen molar-refractivity contribution in [3.63, 3.8) is 0 Å². The van der Waals surface area contributed by atoms with E-state index >= 15 is 0 Å². The third-order valence-corrected chi connectivity index (χ3v) is 3.03. The van der Waals surface area contributed by atoms with E-state index in [4.69, 9.17) is 4.74 Å². The molecule has 0 atom stereocenters. The monoisotopic (exact) mass is 335 g/mol. The van der Waals surface area contributed by atoms with E-state index in [1.54, 1.807) is 20.8 Å². The lowest BCUT2D eigenvalue weighted by atomic mass is 10.1. The van der Waals surface area contributed by atoms with E-state index in [1.807, 2.05) is 26.2 Å². The van der Waals surface area contributed by atoms with Crippen molar-refractivity contribution in [2.24, 2.45) is 0 Å². The first-order valence-electron chi connectivity index (χ1n) is 8.12. The van der Waals surface area contributed by atoms with Gasteiger partial charge in [-0.2, -0.15) is 0 Å². The molecule has 0 fully saturated rings. The number of benzene rings is 1. The van der Waals surface area contributed by atoms with Crippen LogP contribution in [0.15, 0.2) is 24.3 Å². The Morgan fingerprint density at radius 3 is 2.17 bits per heavy atom. The minimum atomic E-state index is -0.537. The van der Waals surface area contributed by atoms with Gasteiger partial charge in [0.2, 0.25) is 5.91 Å². The van der Waals surface area contributed by atoms with Crippen LogP contribution in [-0.4, -0.2) is 43.1 Å². The summed E-state index contributed by atoms with van der Waals surface area (Å²) in [7, 11) is 4.05. The lowest BCUT2D eigenvalue weighted by Crippen LogP contribution is -2.35. The first-order chi connectivity index (χ1) is 11.2. The summed E-state index contributed by atoms with van der Waals surface area (Å²) in [6.45, 7) is 7.01. The van der Waals surface area contributed by atoms with Gasteiger partial charge in [0.1, 0.15) is 5.60 Å². The molecule has 0 aliphatic rings. The zero-order chi connectivity index (χ0) is 18.2. The third-order valence-electron chi connectivity index (χ3n) is 3.03. The molecule has 1 aromatic carbocycles. The van der Waals surface area contributed by atoms with Gasteiger partial charge in [0.25, 0.3) is 0 Å². The molecule has 0 heterocycles. The molecule has 0 aromatic heterocycles. The Morgan fingerprint density at radius 1 is 1.04 bits per heavy atom. The van der Waals surface area contributed by atoms with Crippen molar-refractivity contribution in [1.29, 1.82) is 0 Å². The molecule has 0 radical (unpaired) electrons. The summed E-state index contributed by atoms with van der Waals surface area (Å²) in [5.74, 6) is -0.108. The number of hydrogen-bond donors (Lipinski definition) is 2. The molecule has 134 valence electrons. The number of carbonyl (C=O) groups excluding carboxylic acids is 2. The van der Waals surface area contributed by atoms with Crippen LogP contribution in [0.4, 0.5) is 4.79 Å². The second kappa shape index (κ2) is 9.27. The molecule has 0 bridgehead atoms. The fourth-order valence-corrected chi connectivity index (χ4v) is 2.01. The molecule has 6 nitrogen and oxygen atoms in total. The van der Waals surface area contributed by atoms with Gasteiger partial charge >= 0.3 is 6.09 Å². The van der Waals surface area contributed by atoms with Crippen LogP contribution in [0, 0.1) is 0 Å². The standard InChI is InChI=1S/C18H29N3O3/c1-18(2,3)24-17(23)19-11-10-16(22)20-12-14-6-8-15(9-7-14)13-21(4)5/h6-9H,10-13H2,1-5H3,(H,19,23)(H,20,22). The maximum atomic E-state index is 11.8. The number of carbonyl (C=O) groups is 2. The quantitative estimate of drug-likeness (QED) is 0.802. The molecule has 0 unspecified atom stereocenters. The Bertz CT molecular complexity index is 533. The molecule has 0 saturated carbocycles. The van der Waals surface area contributed by atoms with Gasteiger partial charge in [0.15, 0.2) is 0 Å². The maximum absolute atomic E-state index is 11.8. The summed E-state index contributed by atoms with van der Waals surface area (Å²) in [6, 6.07) is 8.15. The SMILES string of the molecule is CN(C)Cc1ccc(CNC(=O)CCNC(=O)OC(C)(C)C)cc1. The van der Waals surface area contributed by atoms with Crippen molar-refractivity contribution in [3.8, 4) is 0 Å². The second-order valence-electron chi connectivity index (χ2n) is 7.01. The van der Waals surface area contributed by atoms with Gasteiger partial charge in [-0.15, -0.1) is 0 Å². The first-order valence-corrected chi connectivity index (χ1v) is 8.12. The van der Waals surface area contributed by atoms with Crippen LogP contribution in [0.2, 0.25) is 0 Å². The van der Waals surface area contributed by atoms with Crippen molar-refractivity contribution >= 4 is 12.0 Å². The maximum Gasteiger partial charge on any atom is 0.407 e. The van der Waals surface area contributed by atoms with Crippen LogP contribution >= 0.6 is 0 Å². The van der Waals surface area contributed by atoms with Gasteiger partial charge < -0.3 is 20.3 Å². The Balaban J connectivity index is 2.25. The zero-order valence-corrected chi connectivity index (χ0v) is 15.3. The molecule has 2 N–H and O–H groups in total. The van der Waals surface area contributed by atoms with Crippen LogP contribution in [-0.2, 0) is 22.6 Å². The predicted molar refractivity (Wildman–Crippen MR) is 94.5 cm³/mol. The molecule has 0 aliphatic carbocycles. The lowest BCUT2D eigenvalue weighted by Gasteiger charge is -2.19. The molecule has 0 saturated heterocycles. The fraction of sp³-hybridized carbons (Fsp3) is 0.556. The number of nitrogens with one attached hydrogen (secondary N) is 2. The minimum absolute atomic E-state index is 0.108. The number of alkyl carbamates (subject to hydrolysis) is 1. The topological polar surface area (TPSA) is 70.7 Å². The fourth-order valence-electron chi connectivity index (χ4n) is 2.01. The summed E-state index contributed by atoms with van der Waals surface area (Å²) in [5, 5.41) is 5.41. The summed E-state index contributed by atoms with van der Waals surface area (Å²) in [4.78, 5) is 25.4. The van der Waals surface area contributed by atoms with Crippen molar-refractivity contribution < 1.29 is 14.3 Å². The summed E-state index contributed by atoms with van der Waals surface area (Å²) in [5.41, 5.74) is 1.74. The van der Waals surface area contributed by atoms with Crippen molar-refractivity contribution in [3.05, 3.63) is 35.4 Å². The van der Waals surface area contributed by atoms with Gasteiger partial charge in [-0.25, -0.2) is 4.79 Å². The summed E-state index contributed by atoms with van der Waals surface area (Å²) in [6.07, 6.45) is -0.287. The molecule has 24 heavy (non-hydrogen) atoms. The van der Waals surface area contributed by atoms with E-state index in [0.717, 1.165) is 12.1 Å². The number of ether oxygens (including phenoxy) is 1. The number of hydrogen-bond acceptors (Lipinski definition) is 4. The van der Waals surface area contributed by atoms with E-state index in [0.29, 0.717) is 6.54 Å². The zero-order valence-electron chi connectivity index (χ0n) is 15.3. The average Bonchev–Trinajstić information content (AvgIpc) is 2.44. The van der Waals surface area contributed by atoms with Crippen LogP contribution in [0.3, 0.4) is 0 Å². The van der Waals surface area contributed by atoms with Crippen LogP contribution in [0.5, 0.6) is 0 Å². The number of nitrogens with zero attached hydrogens (tertiary/aromatic N) is 1. The molecular formula is C18H29N3O3. The van der Waals surface area contributed by atoms with Crippen molar-refractivity contribution in [2.75, 3.05) is 20.6 Å². The van der Waals surface area contributed by atoms with Gasteiger partial charge in [0, 0.05) is 26.1 Å². The highest BCUT2D eigenvalue weighted by Gasteiger charge is 2.15. The second-order valence-corrected chi connectivity index (χ2v) is 7.01. The van der Waals surface area contributed by atoms with Crippen LogP contribution in [0.25, 0.3) is 0 Å². The van der Waals surface area contributed by atoms with Crippen molar-refractivity contribution in [1.82, 2.24) is 15.5 Å². The van der Waals surface area contributed by atoms with E-state index in [2.05, 4.69) is 27.7 Å². The van der Waals surface area contributed by atoms with Gasteiger partial charge in [-0.1, -0.05) is 24.3 Å². The Labute approximate surface area is 144 Å². The Morgan fingerprint density at radius 2 is 1.62 bits per heavy atom. The molecule has 2 amide bonds. The van der Waals surface area contributed by atoms with Gasteiger partial charge in [-0.3, -0.25) is 4.79 Å². The van der Waals surface area contributed by atoms with E-state index in [1.165, 1.54) is 5.56 Å². The molecule has 1 rings (SSSR count). The van der Waals surface area contributed by atoms with Gasteiger partial charge in [-0.05, 0) is 46.0 Å². The molecule has 1 aromatic rings. The smallest absolute Gasteiger partial charge is 0.407 e. The van der Waals surface area contributed by atoms with Crippen LogP contribution in [0.1, 0.15) is 38.3 Å². The molecular weight excluding hydrogens is 306 g/mol. The van der Waals surface area contributed by atoms with E-state index < -0.39 is 11.7 Å². The summed E-state index contributed by atoms with van der Waals surface area (Å²) >= 11 is 0. The average molecular weight is 335 g/mol. The predicted octanol–water partition coefficient (Wildman–Crippen LogP) is 2.28. The van der Waals surface area contributed by atoms with E-state index in [-0.39, 0.29) is 18.9 Å². The first kappa shape index (κ1) is 20.0. The van der Waals surface area contributed by atoms with Crippen LogP contribution < -0.4 is 10.6 Å². The van der Waals surface area contributed by atoms with E-state index in [9.17, 15) is 9.59 Å². The normalized spacial score (nSPS) is 11.2. The van der Waals surface area contributed by atoms with Gasteiger partial charge in [0.05, 0.1) is 0 Å². The number of rotatable bonds is 7. The molecule has 0 aliphatic heterocycles. The highest BCUT2D eigenvalue weighted by atomic mass is 16.6. The number of amides is 2. The Kier molecular flexibility index (Phi) is 7.71. The molecule has 6 heteroatoms. The summed E-state index contributed by atoms with van der Waals surface area (Å²) < 4.78 is 5.10. The Hall–Kier alpha value is -2.08. The third kappa shape index (κ3) is 9.15. The van der Waals surface area contributed by atoms with Crippen molar-refractivity contribution in [2.45, 2.75) is 45.9 Å². The lowest BCUT2D eigenvalue weighted by molar-refractivity contribution is -0.121.